The molecular formula is C27H32O6. The van der Waals surface area contributed by atoms with Crippen molar-refractivity contribution in [2.24, 2.45) is 0 Å². The first-order valence-electron chi connectivity index (χ1n) is 11.0. The van der Waals surface area contributed by atoms with Crippen molar-refractivity contribution in [1.29, 1.82) is 0 Å². The van der Waals surface area contributed by atoms with Gasteiger partial charge in [-0.3, -0.25) is 0 Å². The number of ether oxygens (including phenoxy) is 3. The van der Waals surface area contributed by atoms with Crippen LogP contribution in [0, 0.1) is 0 Å². The summed E-state index contributed by atoms with van der Waals surface area (Å²) in [7, 11) is 4.54. The first-order valence-corrected chi connectivity index (χ1v) is 11.0. The molecule has 0 bridgehead atoms. The number of benzene rings is 3. The van der Waals surface area contributed by atoms with Gasteiger partial charge in [0.05, 0.1) is 21.3 Å². The molecule has 0 saturated heterocycles. The molecule has 0 radical (unpaired) electrons. The molecule has 3 rings (SSSR count). The molecule has 0 aromatic heterocycles. The van der Waals surface area contributed by atoms with E-state index in [1.807, 2.05) is 30.3 Å². The standard InChI is InChI=1S/C27H32O6/c1-6-7-17-11-20(26(29)24(13-17)32-4)21-12-18(14-25(33-5)27(21)30)10-16(2)19-8-9-22(28)23(15-19)31-3/h8-9,11-16,28-30H,6-7,10H2,1-5H3. The molecule has 0 saturated carbocycles. The lowest BCUT2D eigenvalue weighted by Gasteiger charge is -2.18. The largest absolute Gasteiger partial charge is 0.504 e. The highest BCUT2D eigenvalue weighted by atomic mass is 16.5. The molecule has 6 nitrogen and oxygen atoms in total. The maximum Gasteiger partial charge on any atom is 0.165 e. The number of phenols is 3. The third-order valence-corrected chi connectivity index (χ3v) is 5.85. The molecule has 3 N–H and O–H groups in total. The Hall–Kier alpha value is -3.54. The molecule has 0 heterocycles. The Balaban J connectivity index is 2.07. The Kier molecular flexibility index (Phi) is 7.59. The van der Waals surface area contributed by atoms with Crippen LogP contribution in [0.1, 0.15) is 42.9 Å². The highest BCUT2D eigenvalue weighted by Crippen LogP contribution is 2.46. The highest BCUT2D eigenvalue weighted by Gasteiger charge is 2.20. The van der Waals surface area contributed by atoms with Gasteiger partial charge in [0.1, 0.15) is 0 Å². The second-order valence-corrected chi connectivity index (χ2v) is 8.17. The highest BCUT2D eigenvalue weighted by molar-refractivity contribution is 5.81. The van der Waals surface area contributed by atoms with Crippen molar-refractivity contribution < 1.29 is 29.5 Å². The van der Waals surface area contributed by atoms with E-state index in [2.05, 4.69) is 13.8 Å². The van der Waals surface area contributed by atoms with Crippen LogP contribution >= 0.6 is 0 Å². The van der Waals surface area contributed by atoms with Crippen LogP contribution in [0.25, 0.3) is 11.1 Å². The fourth-order valence-electron chi connectivity index (χ4n) is 4.07. The van der Waals surface area contributed by atoms with Crippen LogP contribution in [0.3, 0.4) is 0 Å². The van der Waals surface area contributed by atoms with Crippen molar-refractivity contribution in [1.82, 2.24) is 0 Å². The van der Waals surface area contributed by atoms with E-state index >= 15 is 0 Å². The van der Waals surface area contributed by atoms with Crippen molar-refractivity contribution in [3.63, 3.8) is 0 Å². The molecule has 0 fully saturated rings. The average molecular weight is 453 g/mol. The summed E-state index contributed by atoms with van der Waals surface area (Å²) >= 11 is 0. The van der Waals surface area contributed by atoms with Gasteiger partial charge < -0.3 is 29.5 Å². The Morgan fingerprint density at radius 3 is 1.82 bits per heavy atom. The number of hydrogen-bond acceptors (Lipinski definition) is 6. The lowest BCUT2D eigenvalue weighted by atomic mass is 9.90. The van der Waals surface area contributed by atoms with Gasteiger partial charge in [0.2, 0.25) is 0 Å². The third kappa shape index (κ3) is 5.11. The zero-order valence-electron chi connectivity index (χ0n) is 19.8. The van der Waals surface area contributed by atoms with Crippen LogP contribution in [0.5, 0.6) is 34.5 Å². The van der Waals surface area contributed by atoms with Crippen molar-refractivity contribution in [2.45, 2.75) is 39.0 Å². The van der Waals surface area contributed by atoms with Gasteiger partial charge >= 0.3 is 0 Å². The van der Waals surface area contributed by atoms with Crippen LogP contribution in [0.15, 0.2) is 42.5 Å². The van der Waals surface area contributed by atoms with Crippen LogP contribution in [0.2, 0.25) is 0 Å². The van der Waals surface area contributed by atoms with Crippen LogP contribution in [-0.4, -0.2) is 36.6 Å². The minimum atomic E-state index is -0.0359. The molecule has 0 aliphatic heterocycles. The maximum absolute atomic E-state index is 10.9. The molecule has 0 spiro atoms. The summed E-state index contributed by atoms with van der Waals surface area (Å²) < 4.78 is 16.1. The second-order valence-electron chi connectivity index (χ2n) is 8.17. The molecule has 3 aromatic carbocycles. The Morgan fingerprint density at radius 2 is 1.27 bits per heavy atom. The minimum Gasteiger partial charge on any atom is -0.504 e. The van der Waals surface area contributed by atoms with E-state index in [1.54, 1.807) is 12.1 Å². The molecular weight excluding hydrogens is 420 g/mol. The number of aryl methyl sites for hydroxylation is 1. The summed E-state index contributed by atoms with van der Waals surface area (Å²) in [6.45, 7) is 4.16. The van der Waals surface area contributed by atoms with E-state index in [4.69, 9.17) is 14.2 Å². The van der Waals surface area contributed by atoms with Gasteiger partial charge in [-0.25, -0.2) is 0 Å². The summed E-state index contributed by atoms with van der Waals surface area (Å²) in [5, 5.41) is 31.6. The zero-order valence-corrected chi connectivity index (χ0v) is 19.8. The van der Waals surface area contributed by atoms with Gasteiger partial charge in [-0.15, -0.1) is 0 Å². The van der Waals surface area contributed by atoms with E-state index in [0.717, 1.165) is 29.5 Å². The first-order chi connectivity index (χ1) is 15.8. The van der Waals surface area contributed by atoms with Gasteiger partial charge in [-0.1, -0.05) is 26.3 Å². The quantitative estimate of drug-likeness (QED) is 0.381. The van der Waals surface area contributed by atoms with Gasteiger partial charge in [-0.2, -0.15) is 0 Å². The van der Waals surface area contributed by atoms with E-state index in [9.17, 15) is 15.3 Å². The van der Waals surface area contributed by atoms with E-state index in [0.29, 0.717) is 34.8 Å². The first kappa shape index (κ1) is 24.1. The molecule has 0 amide bonds. The van der Waals surface area contributed by atoms with Crippen molar-refractivity contribution >= 4 is 0 Å². The summed E-state index contributed by atoms with van der Waals surface area (Å²) in [5.41, 5.74) is 3.92. The van der Waals surface area contributed by atoms with E-state index < -0.39 is 0 Å². The van der Waals surface area contributed by atoms with Gasteiger partial charge in [0.15, 0.2) is 34.5 Å². The number of aromatic hydroxyl groups is 3. The third-order valence-electron chi connectivity index (χ3n) is 5.85. The topological polar surface area (TPSA) is 88.4 Å². The summed E-state index contributed by atoms with van der Waals surface area (Å²) in [4.78, 5) is 0. The number of hydrogen-bond donors (Lipinski definition) is 3. The fourth-order valence-corrected chi connectivity index (χ4v) is 4.07. The summed E-state index contributed by atoms with van der Waals surface area (Å²) in [6.07, 6.45) is 2.40. The van der Waals surface area contributed by atoms with Gasteiger partial charge in [0, 0.05) is 11.1 Å². The lowest BCUT2D eigenvalue weighted by molar-refractivity contribution is 0.370. The van der Waals surface area contributed by atoms with Crippen LogP contribution in [0.4, 0.5) is 0 Å². The number of rotatable bonds is 9. The van der Waals surface area contributed by atoms with Crippen LogP contribution in [-0.2, 0) is 12.8 Å². The molecule has 1 atom stereocenters. The molecule has 176 valence electrons. The average Bonchev–Trinajstić information content (AvgIpc) is 2.81. The Bertz CT molecular complexity index is 1120. The summed E-state index contributed by atoms with van der Waals surface area (Å²) in [5.74, 6) is 1.25. The monoisotopic (exact) mass is 452 g/mol. The predicted molar refractivity (Wildman–Crippen MR) is 129 cm³/mol. The van der Waals surface area contributed by atoms with E-state index in [1.165, 1.54) is 21.3 Å². The molecule has 33 heavy (non-hydrogen) atoms. The number of phenolic OH excluding ortho intramolecular Hbond substituents is 3. The Morgan fingerprint density at radius 1 is 0.727 bits per heavy atom. The summed E-state index contributed by atoms with van der Waals surface area (Å²) in [6, 6.07) is 12.7. The van der Waals surface area contributed by atoms with E-state index in [-0.39, 0.29) is 23.2 Å². The molecule has 3 aromatic rings. The molecule has 6 heteroatoms. The van der Waals surface area contributed by atoms with Gasteiger partial charge in [-0.05, 0) is 71.8 Å². The normalized spacial score (nSPS) is 11.8. The number of methoxy groups -OCH3 is 3. The van der Waals surface area contributed by atoms with Gasteiger partial charge in [0.25, 0.3) is 0 Å². The minimum absolute atomic E-state index is 0.0248. The predicted octanol–water partition coefficient (Wildman–Crippen LogP) is 5.79. The van der Waals surface area contributed by atoms with Crippen molar-refractivity contribution in [3.8, 4) is 45.6 Å². The van der Waals surface area contributed by atoms with Crippen LogP contribution < -0.4 is 14.2 Å². The van der Waals surface area contributed by atoms with Crippen molar-refractivity contribution in [3.05, 3.63) is 59.2 Å². The second kappa shape index (κ2) is 10.4. The van der Waals surface area contributed by atoms with Crippen molar-refractivity contribution in [2.75, 3.05) is 21.3 Å². The maximum atomic E-state index is 10.9. The molecule has 0 aliphatic carbocycles. The molecule has 0 aliphatic rings. The zero-order chi connectivity index (χ0) is 24.1. The SMILES string of the molecule is CCCc1cc(OC)c(O)c(-c2cc(CC(C)c3ccc(O)c(OC)c3)cc(OC)c2O)c1. The Labute approximate surface area is 195 Å². The fraction of sp³-hybridized carbons (Fsp3) is 0.333. The lowest BCUT2D eigenvalue weighted by Crippen LogP contribution is -2.01. The molecule has 1 unspecified atom stereocenters. The smallest absolute Gasteiger partial charge is 0.165 e.